The quantitative estimate of drug-likeness (QED) is 0.814. The summed E-state index contributed by atoms with van der Waals surface area (Å²) in [7, 11) is 0. The summed E-state index contributed by atoms with van der Waals surface area (Å²) in [5.41, 5.74) is 3.24. The maximum Gasteiger partial charge on any atom is 0.245 e. The van der Waals surface area contributed by atoms with Gasteiger partial charge in [-0.15, -0.1) is 0 Å². The average molecular weight is 371 g/mol. The van der Waals surface area contributed by atoms with Crippen LogP contribution in [0.2, 0.25) is 0 Å². The van der Waals surface area contributed by atoms with Gasteiger partial charge in [-0.25, -0.2) is 0 Å². The Morgan fingerprint density at radius 2 is 1.92 bits per heavy atom. The van der Waals surface area contributed by atoms with E-state index in [9.17, 15) is 4.79 Å². The van der Waals surface area contributed by atoms with Crippen LogP contribution in [0.15, 0.2) is 24.3 Å². The molecule has 2 N–H and O–H groups in total. The fraction of sp³-hybridized carbons (Fsp3) is 0.500. The van der Waals surface area contributed by atoms with Gasteiger partial charge in [-0.05, 0) is 50.0 Å². The molecule has 2 aliphatic rings. The summed E-state index contributed by atoms with van der Waals surface area (Å²) >= 11 is 5.61. The molecule has 5 nitrogen and oxygen atoms in total. The highest BCUT2D eigenvalue weighted by Gasteiger charge is 2.30. The van der Waals surface area contributed by atoms with Gasteiger partial charge in [0.1, 0.15) is 0 Å². The summed E-state index contributed by atoms with van der Waals surface area (Å²) < 4.78 is 0. The van der Waals surface area contributed by atoms with E-state index in [0.717, 1.165) is 41.7 Å². The second-order valence-electron chi connectivity index (χ2n) is 7.38. The number of H-pyrrole nitrogens is 1. The molecule has 0 radical (unpaired) electrons. The highest BCUT2D eigenvalue weighted by atomic mass is 32.1. The zero-order valence-corrected chi connectivity index (χ0v) is 16.1. The number of hydrogen-bond acceptors (Lipinski definition) is 2. The average Bonchev–Trinajstić information content (AvgIpc) is 3.36. The van der Waals surface area contributed by atoms with Gasteiger partial charge in [0, 0.05) is 35.7 Å². The van der Waals surface area contributed by atoms with Crippen molar-refractivity contribution in [3.63, 3.8) is 0 Å². The van der Waals surface area contributed by atoms with Crippen LogP contribution in [0.25, 0.3) is 10.9 Å². The Morgan fingerprint density at radius 3 is 2.73 bits per heavy atom. The molecule has 1 aromatic heterocycles. The van der Waals surface area contributed by atoms with Crippen LogP contribution in [-0.2, 0) is 11.2 Å². The maximum atomic E-state index is 13.0. The smallest absolute Gasteiger partial charge is 0.245 e. The molecule has 1 amide bonds. The summed E-state index contributed by atoms with van der Waals surface area (Å²) in [5.74, 6) is 0.117. The zero-order valence-electron chi connectivity index (χ0n) is 15.3. The predicted molar refractivity (Wildman–Crippen MR) is 108 cm³/mol. The standard InChI is InChI=1S/C20H26N4OS/c1-14-17(16-9-4-5-10-18(16)21-14)13-19(25)23-11-6-12-24(23)20(26)22-15-7-2-3-8-15/h4-5,9-10,15,21H,2-3,6-8,11-13H2,1H3,(H,22,26). The molecule has 6 heteroatoms. The third-order valence-corrected chi connectivity index (χ3v) is 5.92. The number of carbonyl (C=O) groups is 1. The largest absolute Gasteiger partial charge is 0.358 e. The number of hydrazine groups is 1. The van der Waals surface area contributed by atoms with Gasteiger partial charge in [-0.1, -0.05) is 31.0 Å². The highest BCUT2D eigenvalue weighted by molar-refractivity contribution is 7.80. The molecule has 1 saturated heterocycles. The lowest BCUT2D eigenvalue weighted by atomic mass is 10.1. The lowest BCUT2D eigenvalue weighted by molar-refractivity contribution is -0.138. The van der Waals surface area contributed by atoms with Crippen LogP contribution in [0.1, 0.15) is 43.4 Å². The fourth-order valence-electron chi connectivity index (χ4n) is 4.21. The number of para-hydroxylation sites is 1. The first-order valence-electron chi connectivity index (χ1n) is 9.58. The first kappa shape index (κ1) is 17.3. The fourth-order valence-corrected chi connectivity index (χ4v) is 4.56. The van der Waals surface area contributed by atoms with Crippen LogP contribution in [0, 0.1) is 6.92 Å². The van der Waals surface area contributed by atoms with Crippen LogP contribution >= 0.6 is 12.2 Å². The number of hydrogen-bond donors (Lipinski definition) is 2. The van der Waals surface area contributed by atoms with E-state index in [1.165, 1.54) is 25.7 Å². The zero-order chi connectivity index (χ0) is 18.1. The van der Waals surface area contributed by atoms with E-state index in [1.807, 2.05) is 29.1 Å². The molecule has 1 saturated carbocycles. The molecule has 1 aliphatic carbocycles. The minimum atomic E-state index is 0.117. The van der Waals surface area contributed by atoms with E-state index in [-0.39, 0.29) is 5.91 Å². The van der Waals surface area contributed by atoms with Crippen molar-refractivity contribution in [2.24, 2.45) is 0 Å². The van der Waals surface area contributed by atoms with Gasteiger partial charge < -0.3 is 10.3 Å². The maximum absolute atomic E-state index is 13.0. The molecular weight excluding hydrogens is 344 g/mol. The van der Waals surface area contributed by atoms with Crippen LogP contribution in [0.5, 0.6) is 0 Å². The van der Waals surface area contributed by atoms with E-state index < -0.39 is 0 Å². The lowest BCUT2D eigenvalue weighted by Crippen LogP contribution is -2.51. The monoisotopic (exact) mass is 370 g/mol. The molecule has 4 rings (SSSR count). The Kier molecular flexibility index (Phi) is 4.85. The molecule has 0 unspecified atom stereocenters. The Hall–Kier alpha value is -2.08. The summed E-state index contributed by atoms with van der Waals surface area (Å²) in [6.45, 7) is 3.60. The summed E-state index contributed by atoms with van der Waals surface area (Å²) in [6.07, 6.45) is 6.25. The number of aromatic amines is 1. The van der Waals surface area contributed by atoms with Gasteiger partial charge in [0.2, 0.25) is 5.91 Å². The minimum absolute atomic E-state index is 0.117. The molecule has 0 atom stereocenters. The van der Waals surface area contributed by atoms with E-state index in [4.69, 9.17) is 12.2 Å². The van der Waals surface area contributed by atoms with Crippen LogP contribution in [0.3, 0.4) is 0 Å². The van der Waals surface area contributed by atoms with E-state index in [0.29, 0.717) is 17.6 Å². The van der Waals surface area contributed by atoms with Gasteiger partial charge in [-0.3, -0.25) is 14.8 Å². The van der Waals surface area contributed by atoms with E-state index in [1.54, 1.807) is 0 Å². The highest BCUT2D eigenvalue weighted by Crippen LogP contribution is 2.24. The van der Waals surface area contributed by atoms with Gasteiger partial charge in [0.15, 0.2) is 5.11 Å². The van der Waals surface area contributed by atoms with Gasteiger partial charge >= 0.3 is 0 Å². The van der Waals surface area contributed by atoms with Crippen LogP contribution in [0.4, 0.5) is 0 Å². The second kappa shape index (κ2) is 7.27. The van der Waals surface area contributed by atoms with E-state index in [2.05, 4.69) is 22.4 Å². The Morgan fingerprint density at radius 1 is 1.19 bits per heavy atom. The van der Waals surface area contributed by atoms with Gasteiger partial charge in [-0.2, -0.15) is 0 Å². The number of nitrogens with one attached hydrogen (secondary N) is 2. The number of amides is 1. The van der Waals surface area contributed by atoms with Gasteiger partial charge in [0.25, 0.3) is 0 Å². The van der Waals surface area contributed by atoms with Crippen molar-refractivity contribution in [2.45, 2.75) is 51.5 Å². The third-order valence-electron chi connectivity index (χ3n) is 5.59. The number of aryl methyl sites for hydroxylation is 1. The summed E-state index contributed by atoms with van der Waals surface area (Å²) in [6, 6.07) is 8.64. The van der Waals surface area contributed by atoms with Crippen molar-refractivity contribution in [2.75, 3.05) is 13.1 Å². The van der Waals surface area contributed by atoms with Crippen molar-refractivity contribution < 1.29 is 4.79 Å². The van der Waals surface area contributed by atoms with Crippen molar-refractivity contribution in [3.05, 3.63) is 35.5 Å². The molecule has 2 aromatic rings. The van der Waals surface area contributed by atoms with Crippen molar-refractivity contribution in [1.29, 1.82) is 0 Å². The second-order valence-corrected chi connectivity index (χ2v) is 7.76. The Balaban J connectivity index is 1.47. The molecular formula is C20H26N4OS. The minimum Gasteiger partial charge on any atom is -0.358 e. The summed E-state index contributed by atoms with van der Waals surface area (Å²) in [4.78, 5) is 16.4. The molecule has 1 aliphatic heterocycles. The first-order chi connectivity index (χ1) is 12.6. The number of aromatic nitrogens is 1. The molecule has 138 valence electrons. The predicted octanol–water partition coefficient (Wildman–Crippen LogP) is 3.29. The molecule has 0 bridgehead atoms. The number of carbonyl (C=O) groups excluding carboxylic acids is 1. The van der Waals surface area contributed by atoms with Crippen molar-refractivity contribution in [3.8, 4) is 0 Å². The molecule has 26 heavy (non-hydrogen) atoms. The number of nitrogens with zero attached hydrogens (tertiary/aromatic N) is 2. The Labute approximate surface area is 159 Å². The van der Waals surface area contributed by atoms with Crippen molar-refractivity contribution in [1.82, 2.24) is 20.3 Å². The van der Waals surface area contributed by atoms with Crippen LogP contribution in [-0.4, -0.2) is 45.2 Å². The number of rotatable bonds is 3. The lowest BCUT2D eigenvalue weighted by Gasteiger charge is -2.31. The molecule has 1 aromatic carbocycles. The van der Waals surface area contributed by atoms with E-state index >= 15 is 0 Å². The SMILES string of the molecule is Cc1[nH]c2ccccc2c1CC(=O)N1CCCN1C(=S)NC1CCCC1. The number of fused-ring (bicyclic) bond motifs is 1. The first-order valence-corrected chi connectivity index (χ1v) is 9.99. The molecule has 2 heterocycles. The van der Waals surface area contributed by atoms with Crippen LogP contribution < -0.4 is 5.32 Å². The third kappa shape index (κ3) is 3.30. The number of benzene rings is 1. The topological polar surface area (TPSA) is 51.4 Å². The molecule has 0 spiro atoms. The normalized spacial score (nSPS) is 18.0. The molecule has 2 fully saturated rings. The summed E-state index contributed by atoms with van der Waals surface area (Å²) in [5, 5.41) is 9.12. The van der Waals surface area contributed by atoms with Gasteiger partial charge in [0.05, 0.1) is 6.42 Å². The van der Waals surface area contributed by atoms with Crippen molar-refractivity contribution >= 4 is 34.1 Å². The Bertz CT molecular complexity index is 824. The number of thiocarbonyl (C=S) groups is 1.